The Morgan fingerprint density at radius 3 is 2.68 bits per heavy atom. The van der Waals surface area contributed by atoms with Crippen LogP contribution < -0.4 is 5.32 Å². The van der Waals surface area contributed by atoms with E-state index >= 15 is 0 Å². The number of phenolic OH excluding ortho intramolecular Hbond substituents is 1. The molecule has 6 nitrogen and oxygen atoms in total. The smallest absolute Gasteiger partial charge is 0.226 e. The lowest BCUT2D eigenvalue weighted by atomic mass is 9.77. The first-order valence-corrected chi connectivity index (χ1v) is 9.08. The molecule has 5 rings (SSSR count). The molecule has 28 heavy (non-hydrogen) atoms. The molecule has 1 aromatic heterocycles. The largest absolute Gasteiger partial charge is 0.508 e. The Kier molecular flexibility index (Phi) is 3.75. The molecule has 7 heteroatoms. The van der Waals surface area contributed by atoms with Crippen molar-refractivity contribution < 1.29 is 14.3 Å². The highest BCUT2D eigenvalue weighted by Gasteiger charge is 2.39. The molecule has 3 aromatic rings. The van der Waals surface area contributed by atoms with Crippen molar-refractivity contribution in [3.63, 3.8) is 0 Å². The van der Waals surface area contributed by atoms with E-state index < -0.39 is 6.04 Å². The highest BCUT2D eigenvalue weighted by molar-refractivity contribution is 6.00. The van der Waals surface area contributed by atoms with Gasteiger partial charge in [-0.3, -0.25) is 4.79 Å². The van der Waals surface area contributed by atoms with Crippen molar-refractivity contribution in [1.29, 1.82) is 0 Å². The van der Waals surface area contributed by atoms with Gasteiger partial charge in [-0.25, -0.2) is 9.07 Å². The van der Waals surface area contributed by atoms with Gasteiger partial charge in [0.15, 0.2) is 5.78 Å². The van der Waals surface area contributed by atoms with Crippen LogP contribution in [-0.4, -0.2) is 25.7 Å². The van der Waals surface area contributed by atoms with Crippen molar-refractivity contribution >= 4 is 11.7 Å². The van der Waals surface area contributed by atoms with Gasteiger partial charge in [-0.1, -0.05) is 30.3 Å². The summed E-state index contributed by atoms with van der Waals surface area (Å²) in [5.74, 6) is 0.262. The lowest BCUT2D eigenvalue weighted by Crippen LogP contribution is -2.33. The van der Waals surface area contributed by atoms with Gasteiger partial charge < -0.3 is 10.4 Å². The Hall–Kier alpha value is -3.48. The molecule has 0 bridgehead atoms. The molecular weight excluding hydrogens is 359 g/mol. The number of hydrogen-bond acceptors (Lipinski definition) is 5. The second-order valence-electron chi connectivity index (χ2n) is 7.09. The maximum Gasteiger partial charge on any atom is 0.226 e. The summed E-state index contributed by atoms with van der Waals surface area (Å²) in [7, 11) is 0. The number of rotatable bonds is 2. The maximum atomic E-state index is 13.4. The zero-order valence-electron chi connectivity index (χ0n) is 14.8. The molecule has 2 heterocycles. The zero-order valence-corrected chi connectivity index (χ0v) is 14.8. The van der Waals surface area contributed by atoms with Gasteiger partial charge >= 0.3 is 0 Å². The van der Waals surface area contributed by atoms with E-state index in [9.17, 15) is 14.3 Å². The second kappa shape index (κ2) is 6.30. The Bertz CT molecular complexity index is 1100. The first-order valence-electron chi connectivity index (χ1n) is 9.08. The number of hydrogen-bond donors (Lipinski definition) is 2. The van der Waals surface area contributed by atoms with Crippen LogP contribution in [0.3, 0.4) is 0 Å². The molecule has 2 atom stereocenters. The molecule has 0 spiro atoms. The fourth-order valence-corrected chi connectivity index (χ4v) is 4.16. The maximum absolute atomic E-state index is 13.4. The van der Waals surface area contributed by atoms with E-state index in [1.807, 2.05) is 12.1 Å². The zero-order chi connectivity index (χ0) is 19.3. The molecule has 140 valence electrons. The number of nitrogens with zero attached hydrogens (tertiary/aromatic N) is 3. The number of allylic oxidation sites excluding steroid dienone is 2. The van der Waals surface area contributed by atoms with Gasteiger partial charge in [-0.15, -0.1) is 0 Å². The van der Waals surface area contributed by atoms with E-state index in [1.54, 1.807) is 28.9 Å². The number of aromatic nitrogens is 3. The minimum absolute atomic E-state index is 0.0162. The van der Waals surface area contributed by atoms with Gasteiger partial charge in [0.1, 0.15) is 23.9 Å². The second-order valence-corrected chi connectivity index (χ2v) is 7.09. The third-order valence-corrected chi connectivity index (χ3v) is 5.42. The predicted molar refractivity (Wildman–Crippen MR) is 100 cm³/mol. The Morgan fingerprint density at radius 2 is 1.89 bits per heavy atom. The number of aromatic hydroxyl groups is 1. The molecule has 0 unspecified atom stereocenters. The third kappa shape index (κ3) is 2.58. The van der Waals surface area contributed by atoms with Crippen LogP contribution in [0.1, 0.15) is 35.9 Å². The predicted octanol–water partition coefficient (Wildman–Crippen LogP) is 3.54. The molecular formula is C21H17FN4O2. The number of anilines is 1. The van der Waals surface area contributed by atoms with Gasteiger partial charge in [0.25, 0.3) is 0 Å². The van der Waals surface area contributed by atoms with Crippen LogP contribution in [0.4, 0.5) is 10.3 Å². The molecule has 1 aliphatic carbocycles. The molecule has 1 aliphatic heterocycles. The summed E-state index contributed by atoms with van der Waals surface area (Å²) in [6, 6.07) is 12.8. The van der Waals surface area contributed by atoms with Gasteiger partial charge in [0, 0.05) is 23.6 Å². The number of benzene rings is 2. The normalized spacial score (nSPS) is 21.1. The number of phenols is 1. The summed E-state index contributed by atoms with van der Waals surface area (Å²) in [6.07, 6.45) is 2.30. The van der Waals surface area contributed by atoms with Crippen molar-refractivity contribution in [2.75, 3.05) is 5.32 Å². The van der Waals surface area contributed by atoms with Gasteiger partial charge in [0.2, 0.25) is 5.95 Å². The number of fused-ring (bicyclic) bond motifs is 1. The molecule has 0 radical (unpaired) electrons. The third-order valence-electron chi connectivity index (χ3n) is 5.42. The van der Waals surface area contributed by atoms with Crippen molar-refractivity contribution in [1.82, 2.24) is 14.8 Å². The topological polar surface area (TPSA) is 80.0 Å². The average molecular weight is 376 g/mol. The summed E-state index contributed by atoms with van der Waals surface area (Å²) in [5.41, 5.74) is 2.93. The van der Waals surface area contributed by atoms with Gasteiger partial charge in [-0.2, -0.15) is 10.1 Å². The first kappa shape index (κ1) is 16.7. The first-order chi connectivity index (χ1) is 13.6. The molecule has 2 N–H and O–H groups in total. The summed E-state index contributed by atoms with van der Waals surface area (Å²) < 4.78 is 15.1. The van der Waals surface area contributed by atoms with Gasteiger partial charge in [-0.05, 0) is 35.7 Å². The van der Waals surface area contributed by atoms with Crippen LogP contribution in [0.25, 0.3) is 0 Å². The van der Waals surface area contributed by atoms with E-state index in [0.717, 1.165) is 16.8 Å². The standard InChI is InChI=1S/C21H17FN4O2/c22-14-7-5-12(6-8-14)20-19-16(25-21-23-11-24-26(20)21)9-13(10-18(19)28)15-3-1-2-4-17(15)27/h1-8,11,13,20,27H,9-10H2,(H,23,24,25)/t13-,20+/m1/s1. The summed E-state index contributed by atoms with van der Waals surface area (Å²) in [4.78, 5) is 17.4. The highest BCUT2D eigenvalue weighted by atomic mass is 19.1. The van der Waals surface area contributed by atoms with Crippen LogP contribution in [0.15, 0.2) is 66.1 Å². The van der Waals surface area contributed by atoms with Gasteiger partial charge in [0.05, 0.1) is 0 Å². The monoisotopic (exact) mass is 376 g/mol. The minimum atomic E-state index is -0.452. The van der Waals surface area contributed by atoms with Crippen molar-refractivity contribution in [2.24, 2.45) is 0 Å². The number of halogens is 1. The van der Waals surface area contributed by atoms with E-state index in [-0.39, 0.29) is 23.3 Å². The Labute approximate surface area is 160 Å². The highest BCUT2D eigenvalue weighted by Crippen LogP contribution is 2.45. The number of nitrogens with one attached hydrogen (secondary N) is 1. The summed E-state index contributed by atoms with van der Waals surface area (Å²) >= 11 is 0. The quantitative estimate of drug-likeness (QED) is 0.715. The van der Waals surface area contributed by atoms with Crippen molar-refractivity contribution in [3.8, 4) is 5.75 Å². The Balaban J connectivity index is 1.61. The van der Waals surface area contributed by atoms with Crippen molar-refractivity contribution in [2.45, 2.75) is 24.8 Å². The van der Waals surface area contributed by atoms with Crippen molar-refractivity contribution in [3.05, 3.63) is 83.1 Å². The van der Waals surface area contributed by atoms with Crippen LogP contribution >= 0.6 is 0 Å². The molecule has 2 aromatic carbocycles. The molecule has 0 saturated heterocycles. The lowest BCUT2D eigenvalue weighted by molar-refractivity contribution is -0.116. The lowest BCUT2D eigenvalue weighted by Gasteiger charge is -2.35. The van der Waals surface area contributed by atoms with Crippen LogP contribution in [-0.2, 0) is 4.79 Å². The summed E-state index contributed by atoms with van der Waals surface area (Å²) in [6.45, 7) is 0. The number of ketones is 1. The fraction of sp³-hybridized carbons (Fsp3) is 0.190. The average Bonchev–Trinajstić information content (AvgIpc) is 3.15. The van der Waals surface area contributed by atoms with E-state index in [0.29, 0.717) is 24.4 Å². The summed E-state index contributed by atoms with van der Waals surface area (Å²) in [5, 5.41) is 17.7. The van der Waals surface area contributed by atoms with E-state index in [2.05, 4.69) is 15.4 Å². The number of Topliss-reactive ketones (excluding diaryl/α,β-unsaturated/α-hetero) is 1. The van der Waals surface area contributed by atoms with Crippen LogP contribution in [0.5, 0.6) is 5.75 Å². The van der Waals surface area contributed by atoms with E-state index in [1.165, 1.54) is 18.5 Å². The SMILES string of the molecule is O=C1C[C@H](c2ccccc2O)CC2=C1[C@H](c1ccc(F)cc1)n1ncnc1N2. The van der Waals surface area contributed by atoms with Crippen LogP contribution in [0, 0.1) is 5.82 Å². The Morgan fingerprint density at radius 1 is 1.11 bits per heavy atom. The molecule has 0 fully saturated rings. The fourth-order valence-electron chi connectivity index (χ4n) is 4.16. The van der Waals surface area contributed by atoms with Crippen LogP contribution in [0.2, 0.25) is 0 Å². The molecule has 2 aliphatic rings. The molecule has 0 amide bonds. The molecule has 0 saturated carbocycles. The minimum Gasteiger partial charge on any atom is -0.508 e. The number of carbonyl (C=O) groups is 1. The number of para-hydroxylation sites is 1. The van der Waals surface area contributed by atoms with E-state index in [4.69, 9.17) is 0 Å². The number of carbonyl (C=O) groups excluding carboxylic acids is 1.